The van der Waals surface area contributed by atoms with Crippen molar-refractivity contribution in [3.05, 3.63) is 140 Å². The van der Waals surface area contributed by atoms with Crippen molar-refractivity contribution in [1.29, 1.82) is 0 Å². The average Bonchev–Trinajstić information content (AvgIpc) is 3.38. The van der Waals surface area contributed by atoms with Gasteiger partial charge in [0, 0.05) is 0 Å². The summed E-state index contributed by atoms with van der Waals surface area (Å²) in [5.41, 5.74) is 17.1. The first-order chi connectivity index (χ1) is 24.6. The SMILES string of the molecule is CC(C)(C)C1C=c2ccc3ccc(-c4ccc(C5=CC6=C(C=C(c7ccc8c(c7)C(C)(C)C7C=CCCC87)CC6)CC5)cc4)c4c3c2C(CC=4)C1. The first-order valence-electron chi connectivity index (χ1n) is 20.0. The molecule has 6 aliphatic carbocycles. The van der Waals surface area contributed by atoms with Crippen LogP contribution in [0, 0.1) is 17.3 Å². The molecular weight excluding hydrogens is 613 g/mol. The van der Waals surface area contributed by atoms with Crippen LogP contribution in [-0.2, 0) is 5.41 Å². The Balaban J connectivity index is 0.937. The van der Waals surface area contributed by atoms with Crippen LogP contribution in [-0.4, -0.2) is 0 Å². The van der Waals surface area contributed by atoms with Crippen LogP contribution in [0.1, 0.15) is 126 Å². The highest BCUT2D eigenvalue weighted by Crippen LogP contribution is 2.55. The fourth-order valence-corrected chi connectivity index (χ4v) is 11.1. The van der Waals surface area contributed by atoms with Crippen LogP contribution in [0.25, 0.3) is 45.2 Å². The lowest BCUT2D eigenvalue weighted by Crippen LogP contribution is -2.32. The summed E-state index contributed by atoms with van der Waals surface area (Å²) in [6.45, 7) is 12.2. The second-order valence-corrected chi connectivity index (χ2v) is 18.3. The lowest BCUT2D eigenvalue weighted by atomic mass is 9.68. The van der Waals surface area contributed by atoms with Crippen molar-refractivity contribution in [3.63, 3.8) is 0 Å². The van der Waals surface area contributed by atoms with Crippen LogP contribution in [0.2, 0.25) is 0 Å². The average molecular weight is 665 g/mol. The molecule has 0 amide bonds. The van der Waals surface area contributed by atoms with Crippen LogP contribution in [0.4, 0.5) is 0 Å². The van der Waals surface area contributed by atoms with Crippen LogP contribution in [0.5, 0.6) is 0 Å². The fraction of sp³-hybridized carbons (Fsp3) is 0.373. The smallest absolute Gasteiger partial charge is 0.00319 e. The molecule has 4 atom stereocenters. The molecule has 0 aliphatic heterocycles. The zero-order chi connectivity index (χ0) is 34.6. The van der Waals surface area contributed by atoms with Gasteiger partial charge in [0.15, 0.2) is 0 Å². The summed E-state index contributed by atoms with van der Waals surface area (Å²) in [4.78, 5) is 0. The number of fused-ring (bicyclic) bond motifs is 3. The summed E-state index contributed by atoms with van der Waals surface area (Å²) in [5.74, 6) is 2.61. The van der Waals surface area contributed by atoms with E-state index >= 15 is 0 Å². The van der Waals surface area contributed by atoms with Gasteiger partial charge in [-0.25, -0.2) is 0 Å². The summed E-state index contributed by atoms with van der Waals surface area (Å²) in [6, 6.07) is 26.5. The Labute approximate surface area is 305 Å². The second-order valence-electron chi connectivity index (χ2n) is 18.3. The molecule has 0 heteroatoms. The van der Waals surface area contributed by atoms with E-state index in [9.17, 15) is 0 Å². The molecule has 0 aromatic heterocycles. The van der Waals surface area contributed by atoms with Gasteiger partial charge in [0.25, 0.3) is 0 Å². The number of rotatable bonds is 3. The molecule has 4 aromatic carbocycles. The van der Waals surface area contributed by atoms with E-state index in [0.717, 1.165) is 32.1 Å². The largest absolute Gasteiger partial charge is 0.0882 e. The zero-order valence-corrected chi connectivity index (χ0v) is 31.3. The summed E-state index contributed by atoms with van der Waals surface area (Å²) in [7, 11) is 0. The van der Waals surface area contributed by atoms with Gasteiger partial charge in [0.2, 0.25) is 0 Å². The third-order valence-electron chi connectivity index (χ3n) is 14.1. The minimum absolute atomic E-state index is 0.214. The Kier molecular flexibility index (Phi) is 7.07. The van der Waals surface area contributed by atoms with Crippen molar-refractivity contribution in [2.75, 3.05) is 0 Å². The molecule has 4 aromatic rings. The molecule has 0 N–H and O–H groups in total. The van der Waals surface area contributed by atoms with Crippen LogP contribution >= 0.6 is 0 Å². The van der Waals surface area contributed by atoms with E-state index in [-0.39, 0.29) is 5.41 Å². The summed E-state index contributed by atoms with van der Waals surface area (Å²) in [6.07, 6.45) is 24.6. The van der Waals surface area contributed by atoms with Crippen molar-refractivity contribution in [2.45, 2.75) is 103 Å². The van der Waals surface area contributed by atoms with Gasteiger partial charge in [-0.3, -0.25) is 0 Å². The fourth-order valence-electron chi connectivity index (χ4n) is 11.1. The van der Waals surface area contributed by atoms with E-state index in [0.29, 0.717) is 29.1 Å². The van der Waals surface area contributed by atoms with Gasteiger partial charge in [0.05, 0.1) is 0 Å². The maximum Gasteiger partial charge on any atom is -0.00319 e. The first kappa shape index (κ1) is 31.6. The highest BCUT2D eigenvalue weighted by atomic mass is 14.5. The van der Waals surface area contributed by atoms with Gasteiger partial charge in [-0.15, -0.1) is 0 Å². The molecule has 0 radical (unpaired) electrons. The molecule has 0 saturated heterocycles. The topological polar surface area (TPSA) is 0 Å². The predicted molar refractivity (Wildman–Crippen MR) is 218 cm³/mol. The molecule has 0 nitrogen and oxygen atoms in total. The predicted octanol–water partition coefficient (Wildman–Crippen LogP) is 12.3. The normalized spacial score (nSPS) is 25.7. The second kappa shape index (κ2) is 11.4. The van der Waals surface area contributed by atoms with Crippen molar-refractivity contribution in [1.82, 2.24) is 0 Å². The van der Waals surface area contributed by atoms with E-state index in [1.807, 2.05) is 0 Å². The zero-order valence-electron chi connectivity index (χ0n) is 31.3. The monoisotopic (exact) mass is 664 g/mol. The maximum absolute atomic E-state index is 2.58. The lowest BCUT2D eigenvalue weighted by molar-refractivity contribution is 0.274. The molecule has 0 bridgehead atoms. The van der Waals surface area contributed by atoms with Gasteiger partial charge in [0.1, 0.15) is 0 Å². The van der Waals surface area contributed by atoms with Gasteiger partial charge < -0.3 is 0 Å². The highest BCUT2D eigenvalue weighted by Gasteiger charge is 2.45. The number of hydrogen-bond donors (Lipinski definition) is 0. The highest BCUT2D eigenvalue weighted by molar-refractivity contribution is 5.93. The molecule has 51 heavy (non-hydrogen) atoms. The van der Waals surface area contributed by atoms with Crippen molar-refractivity contribution >= 4 is 34.1 Å². The number of allylic oxidation sites excluding steroid dienone is 8. The molecular formula is C51H52. The summed E-state index contributed by atoms with van der Waals surface area (Å²) < 4.78 is 0. The summed E-state index contributed by atoms with van der Waals surface area (Å²) in [5, 5.41) is 5.83. The minimum Gasteiger partial charge on any atom is -0.0882 e. The van der Waals surface area contributed by atoms with Crippen molar-refractivity contribution < 1.29 is 0 Å². The number of hydrogen-bond acceptors (Lipinski definition) is 0. The van der Waals surface area contributed by atoms with Gasteiger partial charge in [-0.05, 0) is 168 Å². The Morgan fingerprint density at radius 1 is 0.745 bits per heavy atom. The molecule has 0 saturated carbocycles. The molecule has 0 spiro atoms. The third kappa shape index (κ3) is 4.99. The van der Waals surface area contributed by atoms with Crippen molar-refractivity contribution in [2.24, 2.45) is 17.3 Å². The van der Waals surface area contributed by atoms with Crippen LogP contribution in [0.3, 0.4) is 0 Å². The van der Waals surface area contributed by atoms with Gasteiger partial charge in [-0.2, -0.15) is 0 Å². The number of benzene rings is 4. The van der Waals surface area contributed by atoms with Gasteiger partial charge >= 0.3 is 0 Å². The molecule has 256 valence electrons. The summed E-state index contributed by atoms with van der Waals surface area (Å²) >= 11 is 0. The molecule has 0 heterocycles. The molecule has 0 fully saturated rings. The van der Waals surface area contributed by atoms with E-state index in [1.54, 1.807) is 27.8 Å². The van der Waals surface area contributed by atoms with Crippen LogP contribution < -0.4 is 10.4 Å². The van der Waals surface area contributed by atoms with Crippen molar-refractivity contribution in [3.8, 4) is 11.1 Å². The molecule has 10 rings (SSSR count). The van der Waals surface area contributed by atoms with Crippen LogP contribution in [0.15, 0.2) is 102 Å². The Hall–Kier alpha value is -4.16. The Morgan fingerprint density at radius 2 is 1.45 bits per heavy atom. The van der Waals surface area contributed by atoms with Gasteiger partial charge in [-0.1, -0.05) is 138 Å². The maximum atomic E-state index is 2.58. The lowest BCUT2D eigenvalue weighted by Gasteiger charge is -2.36. The van der Waals surface area contributed by atoms with E-state index in [4.69, 9.17) is 0 Å². The quantitative estimate of drug-likeness (QED) is 0.191. The minimum atomic E-state index is 0.214. The van der Waals surface area contributed by atoms with E-state index in [2.05, 4.69) is 138 Å². The molecule has 6 aliphatic rings. The Morgan fingerprint density at radius 3 is 2.22 bits per heavy atom. The van der Waals surface area contributed by atoms with E-state index < -0.39 is 0 Å². The third-order valence-corrected chi connectivity index (χ3v) is 14.1. The molecule has 4 unspecified atom stereocenters. The van der Waals surface area contributed by atoms with E-state index in [1.165, 1.54) is 73.9 Å². The Bertz CT molecular complexity index is 2380. The first-order valence-corrected chi connectivity index (χ1v) is 20.0. The standard InChI is InChI=1S/C51H52/c1-50(2,3)41-28-39-19-14-33-20-23-42(45-25-22-40(29-41)48(39)49(33)45)32-12-10-31(11-13-32)34-15-16-36-27-37(18-17-35(36)26-34)38-21-24-44-43-8-6-7-9-46(43)51(4,5)47(44)30-38/h7,9-14,19-21,23-28,30,40-41,43,46H,6,8,15-18,22,29H2,1-5H3.